The lowest BCUT2D eigenvalue weighted by Gasteiger charge is -2.62. The van der Waals surface area contributed by atoms with E-state index in [9.17, 15) is 15.0 Å². The number of aliphatic hydroxyl groups is 2. The van der Waals surface area contributed by atoms with Crippen molar-refractivity contribution in [2.45, 2.75) is 97.2 Å². The topological polar surface area (TPSA) is 77.8 Å². The van der Waals surface area contributed by atoms with E-state index in [2.05, 4.69) is 20.8 Å². The average Bonchev–Trinajstić information content (AvgIpc) is 2.98. The molecule has 4 aliphatic carbocycles. The zero-order chi connectivity index (χ0) is 20.3. The zero-order valence-electron chi connectivity index (χ0n) is 17.9. The van der Waals surface area contributed by atoms with E-state index in [1.807, 2.05) is 0 Å². The minimum atomic E-state index is -0.684. The predicted molar refractivity (Wildman–Crippen MR) is 109 cm³/mol. The molecule has 4 rings (SSSR count). The summed E-state index contributed by atoms with van der Waals surface area (Å²) >= 11 is 0. The standard InChI is InChI=1S/C24H40O4/c1-14(4-7-21(27)28)17-5-6-18-22-19(9-11-24(17,18)3)23(2)10-8-16(25)12-15(23)13-20(22)26/h14-20,22,25-26H,4-13H2,1-3H3,(H,27,28)/t14-,15?,16+,17-,18?,19-,20+,22-,23+,24-/m1/s1. The van der Waals surface area contributed by atoms with E-state index < -0.39 is 5.97 Å². The van der Waals surface area contributed by atoms with Gasteiger partial charge in [0.25, 0.3) is 0 Å². The second-order valence-corrected chi connectivity index (χ2v) is 11.4. The van der Waals surface area contributed by atoms with E-state index in [1.165, 1.54) is 25.7 Å². The van der Waals surface area contributed by atoms with Gasteiger partial charge in [0.2, 0.25) is 0 Å². The molecule has 0 heterocycles. The average molecular weight is 393 g/mol. The van der Waals surface area contributed by atoms with Gasteiger partial charge in [-0.2, -0.15) is 0 Å². The fourth-order valence-electron chi connectivity index (χ4n) is 8.73. The van der Waals surface area contributed by atoms with E-state index in [0.717, 1.165) is 32.1 Å². The highest BCUT2D eigenvalue weighted by Gasteiger charge is 2.62. The highest BCUT2D eigenvalue weighted by molar-refractivity contribution is 5.66. The third kappa shape index (κ3) is 3.14. The maximum absolute atomic E-state index is 11.2. The van der Waals surface area contributed by atoms with Gasteiger partial charge < -0.3 is 15.3 Å². The molecule has 10 atom stereocenters. The molecule has 0 aliphatic heterocycles. The van der Waals surface area contributed by atoms with Gasteiger partial charge in [-0.25, -0.2) is 0 Å². The van der Waals surface area contributed by atoms with Crippen molar-refractivity contribution in [2.24, 2.45) is 46.3 Å². The van der Waals surface area contributed by atoms with Crippen LogP contribution < -0.4 is 0 Å². The summed E-state index contributed by atoms with van der Waals surface area (Å²) in [7, 11) is 0. The van der Waals surface area contributed by atoms with Crippen LogP contribution in [0.4, 0.5) is 0 Å². The van der Waals surface area contributed by atoms with Gasteiger partial charge in [-0.05, 0) is 104 Å². The predicted octanol–water partition coefficient (Wildman–Crippen LogP) is 4.48. The number of fused-ring (bicyclic) bond motifs is 5. The first kappa shape index (κ1) is 20.7. The Morgan fingerprint density at radius 1 is 1.00 bits per heavy atom. The van der Waals surface area contributed by atoms with E-state index in [4.69, 9.17) is 5.11 Å². The summed E-state index contributed by atoms with van der Waals surface area (Å²) in [5, 5.41) is 30.5. The molecule has 0 spiro atoms. The summed E-state index contributed by atoms with van der Waals surface area (Å²) in [6.07, 6.45) is 9.19. The molecule has 0 radical (unpaired) electrons. The third-order valence-corrected chi connectivity index (χ3v) is 10.2. The van der Waals surface area contributed by atoms with Crippen LogP contribution in [0.2, 0.25) is 0 Å². The molecule has 4 heteroatoms. The lowest BCUT2D eigenvalue weighted by Crippen LogP contribution is -2.58. The van der Waals surface area contributed by atoms with Crippen molar-refractivity contribution >= 4 is 5.97 Å². The second-order valence-electron chi connectivity index (χ2n) is 11.4. The van der Waals surface area contributed by atoms with Crippen LogP contribution in [0.15, 0.2) is 0 Å². The highest BCUT2D eigenvalue weighted by Crippen LogP contribution is 2.68. The third-order valence-electron chi connectivity index (χ3n) is 10.2. The zero-order valence-corrected chi connectivity index (χ0v) is 17.9. The number of hydrogen-bond donors (Lipinski definition) is 3. The Hall–Kier alpha value is -0.610. The first-order valence-corrected chi connectivity index (χ1v) is 11.7. The van der Waals surface area contributed by atoms with Crippen LogP contribution in [-0.2, 0) is 4.79 Å². The maximum Gasteiger partial charge on any atom is 0.303 e. The van der Waals surface area contributed by atoms with E-state index in [0.29, 0.717) is 35.5 Å². The normalized spacial score (nSPS) is 51.7. The molecule has 4 saturated carbocycles. The molecule has 3 N–H and O–H groups in total. The van der Waals surface area contributed by atoms with Gasteiger partial charge in [0.15, 0.2) is 0 Å². The van der Waals surface area contributed by atoms with Crippen LogP contribution in [0.25, 0.3) is 0 Å². The van der Waals surface area contributed by atoms with Gasteiger partial charge >= 0.3 is 5.97 Å². The molecule has 0 bridgehead atoms. The van der Waals surface area contributed by atoms with Gasteiger partial charge in [0, 0.05) is 6.42 Å². The van der Waals surface area contributed by atoms with Gasteiger partial charge in [0.1, 0.15) is 0 Å². The Morgan fingerprint density at radius 3 is 2.39 bits per heavy atom. The molecule has 28 heavy (non-hydrogen) atoms. The van der Waals surface area contributed by atoms with Crippen molar-refractivity contribution in [1.29, 1.82) is 0 Å². The van der Waals surface area contributed by atoms with Crippen LogP contribution >= 0.6 is 0 Å². The van der Waals surface area contributed by atoms with Crippen molar-refractivity contribution in [1.82, 2.24) is 0 Å². The van der Waals surface area contributed by atoms with Crippen LogP contribution in [-0.4, -0.2) is 33.5 Å². The Balaban J connectivity index is 1.55. The van der Waals surface area contributed by atoms with Gasteiger partial charge in [-0.1, -0.05) is 20.8 Å². The van der Waals surface area contributed by atoms with Crippen LogP contribution in [0.1, 0.15) is 85.0 Å². The Morgan fingerprint density at radius 2 is 1.68 bits per heavy atom. The molecular weight excluding hydrogens is 352 g/mol. The molecular formula is C24H40O4. The van der Waals surface area contributed by atoms with Crippen molar-refractivity contribution in [3.8, 4) is 0 Å². The summed E-state index contributed by atoms with van der Waals surface area (Å²) in [6.45, 7) is 7.16. The fraction of sp³-hybridized carbons (Fsp3) is 0.958. The number of rotatable bonds is 4. The first-order chi connectivity index (χ1) is 13.2. The van der Waals surface area contributed by atoms with Crippen molar-refractivity contribution in [3.05, 3.63) is 0 Å². The SMILES string of the molecule is C[C@H](CCC(=O)O)[C@H]1CCC2[C@@H]3[C@@H](CC[C@@]21C)[C@@]1(C)CC[C@H](O)CC1C[C@@H]3O. The molecule has 0 aromatic heterocycles. The second kappa shape index (κ2) is 7.27. The van der Waals surface area contributed by atoms with E-state index in [1.54, 1.807) is 0 Å². The molecule has 4 aliphatic rings. The number of hydrogen-bond acceptors (Lipinski definition) is 3. The lowest BCUT2D eigenvalue weighted by atomic mass is 9.43. The van der Waals surface area contributed by atoms with Crippen molar-refractivity contribution in [2.75, 3.05) is 0 Å². The Labute approximate surface area is 170 Å². The number of carbonyl (C=O) groups is 1. The molecule has 0 saturated heterocycles. The van der Waals surface area contributed by atoms with Crippen LogP contribution in [0.5, 0.6) is 0 Å². The number of carboxylic acids is 1. The summed E-state index contributed by atoms with van der Waals surface area (Å²) in [4.78, 5) is 11.1. The van der Waals surface area contributed by atoms with Crippen molar-refractivity contribution in [3.63, 3.8) is 0 Å². The van der Waals surface area contributed by atoms with Gasteiger partial charge in [-0.3, -0.25) is 4.79 Å². The number of aliphatic carboxylic acids is 1. The van der Waals surface area contributed by atoms with E-state index >= 15 is 0 Å². The largest absolute Gasteiger partial charge is 0.481 e. The maximum atomic E-state index is 11.2. The number of carboxylic acid groups (broad SMARTS) is 1. The summed E-state index contributed by atoms with van der Waals surface area (Å²) in [6, 6.07) is 0. The van der Waals surface area contributed by atoms with Crippen LogP contribution in [0, 0.1) is 46.3 Å². The molecule has 2 unspecified atom stereocenters. The quantitative estimate of drug-likeness (QED) is 0.659. The highest BCUT2D eigenvalue weighted by atomic mass is 16.4. The summed E-state index contributed by atoms with van der Waals surface area (Å²) in [5.41, 5.74) is 0.523. The molecule has 0 amide bonds. The smallest absolute Gasteiger partial charge is 0.303 e. The minimum Gasteiger partial charge on any atom is -0.481 e. The number of aliphatic hydroxyl groups excluding tert-OH is 2. The van der Waals surface area contributed by atoms with Crippen molar-refractivity contribution < 1.29 is 20.1 Å². The molecule has 4 fully saturated rings. The molecule has 0 aromatic carbocycles. The van der Waals surface area contributed by atoms with Crippen LogP contribution in [0.3, 0.4) is 0 Å². The monoisotopic (exact) mass is 392 g/mol. The molecule has 4 nitrogen and oxygen atoms in total. The molecule has 0 aromatic rings. The first-order valence-electron chi connectivity index (χ1n) is 11.7. The minimum absolute atomic E-state index is 0.179. The molecule has 160 valence electrons. The van der Waals surface area contributed by atoms with Gasteiger partial charge in [0.05, 0.1) is 12.2 Å². The Kier molecular flexibility index (Phi) is 5.36. The van der Waals surface area contributed by atoms with Gasteiger partial charge in [-0.15, -0.1) is 0 Å². The van der Waals surface area contributed by atoms with E-state index in [-0.39, 0.29) is 29.5 Å². The fourth-order valence-corrected chi connectivity index (χ4v) is 8.73. The summed E-state index contributed by atoms with van der Waals surface area (Å²) < 4.78 is 0. The summed E-state index contributed by atoms with van der Waals surface area (Å²) in [5.74, 6) is 2.36. The lowest BCUT2D eigenvalue weighted by molar-refractivity contribution is -0.174. The Bertz CT molecular complexity index is 605.